The van der Waals surface area contributed by atoms with Crippen molar-refractivity contribution in [1.29, 1.82) is 0 Å². The van der Waals surface area contributed by atoms with Crippen LogP contribution >= 0.6 is 22.9 Å². The zero-order chi connectivity index (χ0) is 14.7. The minimum Gasteiger partial charge on any atom is -0.324 e. The highest BCUT2D eigenvalue weighted by Crippen LogP contribution is 2.25. The minimum atomic E-state index is -0.0341. The number of nitrogens with one attached hydrogen (secondary N) is 1. The molecule has 1 N–H and O–H groups in total. The van der Waals surface area contributed by atoms with Crippen LogP contribution in [0.25, 0.3) is 5.69 Å². The quantitative estimate of drug-likeness (QED) is 0.761. The van der Waals surface area contributed by atoms with Crippen molar-refractivity contribution >= 4 is 34.5 Å². The van der Waals surface area contributed by atoms with E-state index in [0.717, 1.165) is 16.3 Å². The van der Waals surface area contributed by atoms with Gasteiger partial charge in [-0.3, -0.25) is 4.79 Å². The fourth-order valence-electron chi connectivity index (χ4n) is 2.09. The Kier molecular flexibility index (Phi) is 4.08. The number of halogens is 1. The summed E-state index contributed by atoms with van der Waals surface area (Å²) in [6.45, 7) is 0. The van der Waals surface area contributed by atoms with Crippen LogP contribution in [0.5, 0.6) is 0 Å². The topological polar surface area (TPSA) is 34.0 Å². The van der Waals surface area contributed by atoms with E-state index in [1.165, 1.54) is 0 Å². The van der Waals surface area contributed by atoms with Crippen LogP contribution in [0.4, 0.5) is 5.69 Å². The molecule has 0 saturated carbocycles. The number of carbonyl (C=O) groups is 1. The van der Waals surface area contributed by atoms with E-state index in [1.54, 1.807) is 17.4 Å². The molecule has 3 nitrogen and oxygen atoms in total. The molecule has 106 valence electrons. The average Bonchev–Trinajstić information content (AvgIpc) is 3.13. The van der Waals surface area contributed by atoms with Crippen LogP contribution in [0.3, 0.4) is 0 Å². The average molecular weight is 317 g/mol. The summed E-state index contributed by atoms with van der Waals surface area (Å²) in [5.74, 6) is -0.0341. The number of carbonyl (C=O) groups excluding carboxylic acids is 1. The monoisotopic (exact) mass is 316 g/mol. The number of benzene rings is 1. The Labute approximate surface area is 131 Å². The summed E-state index contributed by atoms with van der Waals surface area (Å²) >= 11 is 7.64. The number of hydrogen-bond acceptors (Lipinski definition) is 2. The number of thiophene rings is 1. The summed E-state index contributed by atoms with van der Waals surface area (Å²) in [7, 11) is 0. The fourth-order valence-corrected chi connectivity index (χ4v) is 2.95. The molecule has 0 atom stereocenters. The SMILES string of the molecule is O=C(Cc1cccs1)Nc1ccc(Cl)cc1-n1cccc1. The molecule has 0 fully saturated rings. The third-order valence-electron chi connectivity index (χ3n) is 3.03. The van der Waals surface area contributed by atoms with Crippen LogP contribution in [-0.4, -0.2) is 10.5 Å². The highest BCUT2D eigenvalue weighted by Gasteiger charge is 2.10. The van der Waals surface area contributed by atoms with E-state index < -0.39 is 0 Å². The van der Waals surface area contributed by atoms with Gasteiger partial charge in [0, 0.05) is 22.3 Å². The van der Waals surface area contributed by atoms with Gasteiger partial charge in [-0.25, -0.2) is 0 Å². The van der Waals surface area contributed by atoms with E-state index in [1.807, 2.05) is 58.7 Å². The van der Waals surface area contributed by atoms with Crippen LogP contribution in [0.15, 0.2) is 60.2 Å². The molecule has 0 radical (unpaired) electrons. The molecule has 0 aliphatic heterocycles. The van der Waals surface area contributed by atoms with Gasteiger partial charge in [0.2, 0.25) is 5.91 Å². The van der Waals surface area contributed by atoms with Crippen molar-refractivity contribution in [2.24, 2.45) is 0 Å². The first-order valence-corrected chi connectivity index (χ1v) is 7.73. The van der Waals surface area contributed by atoms with Gasteiger partial charge in [-0.15, -0.1) is 11.3 Å². The second-order valence-corrected chi connectivity index (χ2v) is 6.02. The number of hydrogen-bond donors (Lipinski definition) is 1. The standard InChI is InChI=1S/C16H13ClN2OS/c17-12-5-6-14(15(10-12)19-7-1-2-8-19)18-16(20)11-13-4-3-9-21-13/h1-10H,11H2,(H,18,20). The van der Waals surface area contributed by atoms with Crippen LogP contribution in [-0.2, 0) is 11.2 Å². The van der Waals surface area contributed by atoms with Gasteiger partial charge in [0.15, 0.2) is 0 Å². The normalized spacial score (nSPS) is 10.5. The largest absolute Gasteiger partial charge is 0.324 e. The zero-order valence-corrected chi connectivity index (χ0v) is 12.7. The van der Waals surface area contributed by atoms with Crippen LogP contribution in [0.1, 0.15) is 4.88 Å². The Morgan fingerprint density at radius 2 is 2.00 bits per heavy atom. The molecule has 0 spiro atoms. The van der Waals surface area contributed by atoms with E-state index >= 15 is 0 Å². The van der Waals surface area contributed by atoms with Gasteiger partial charge in [-0.1, -0.05) is 17.7 Å². The fraction of sp³-hybridized carbons (Fsp3) is 0.0625. The first kappa shape index (κ1) is 13.9. The molecule has 3 rings (SSSR count). The van der Waals surface area contributed by atoms with Gasteiger partial charge < -0.3 is 9.88 Å². The summed E-state index contributed by atoms with van der Waals surface area (Å²) in [5, 5.41) is 5.56. The van der Waals surface area contributed by atoms with E-state index in [2.05, 4.69) is 5.32 Å². The maximum absolute atomic E-state index is 12.1. The molecule has 21 heavy (non-hydrogen) atoms. The highest BCUT2D eigenvalue weighted by atomic mass is 35.5. The number of aromatic nitrogens is 1. The molecule has 3 aromatic rings. The summed E-state index contributed by atoms with van der Waals surface area (Å²) in [5.41, 5.74) is 1.60. The lowest BCUT2D eigenvalue weighted by Gasteiger charge is -2.12. The van der Waals surface area contributed by atoms with E-state index in [0.29, 0.717) is 11.4 Å². The van der Waals surface area contributed by atoms with Crippen molar-refractivity contribution < 1.29 is 4.79 Å². The van der Waals surface area contributed by atoms with Gasteiger partial charge in [-0.2, -0.15) is 0 Å². The molecular formula is C16H13ClN2OS. The molecule has 0 bridgehead atoms. The van der Waals surface area contributed by atoms with Crippen molar-refractivity contribution in [1.82, 2.24) is 4.57 Å². The number of nitrogens with zero attached hydrogens (tertiary/aromatic N) is 1. The molecule has 0 unspecified atom stereocenters. The van der Waals surface area contributed by atoms with Crippen LogP contribution in [0, 0.1) is 0 Å². The molecule has 0 saturated heterocycles. The molecule has 2 aromatic heterocycles. The lowest BCUT2D eigenvalue weighted by Crippen LogP contribution is -2.15. The maximum Gasteiger partial charge on any atom is 0.229 e. The summed E-state index contributed by atoms with van der Waals surface area (Å²) in [6.07, 6.45) is 4.21. The van der Waals surface area contributed by atoms with Crippen LogP contribution in [0.2, 0.25) is 5.02 Å². The van der Waals surface area contributed by atoms with Gasteiger partial charge in [0.1, 0.15) is 0 Å². The molecular weight excluding hydrogens is 304 g/mol. The van der Waals surface area contributed by atoms with E-state index in [-0.39, 0.29) is 5.91 Å². The predicted octanol–water partition coefficient (Wildman–Crippen LogP) is 4.37. The Hall–Kier alpha value is -2.04. The second-order valence-electron chi connectivity index (χ2n) is 4.56. The number of anilines is 1. The van der Waals surface area contributed by atoms with Crippen LogP contribution < -0.4 is 5.32 Å². The van der Waals surface area contributed by atoms with Crippen molar-refractivity contribution in [3.63, 3.8) is 0 Å². The van der Waals surface area contributed by atoms with Crippen molar-refractivity contribution in [2.75, 3.05) is 5.32 Å². The number of amides is 1. The van der Waals surface area contributed by atoms with Gasteiger partial charge in [0.25, 0.3) is 0 Å². The number of rotatable bonds is 4. The molecule has 0 aliphatic carbocycles. The molecule has 5 heteroatoms. The smallest absolute Gasteiger partial charge is 0.229 e. The van der Waals surface area contributed by atoms with Gasteiger partial charge in [0.05, 0.1) is 17.8 Å². The first-order valence-electron chi connectivity index (χ1n) is 6.47. The lowest BCUT2D eigenvalue weighted by molar-refractivity contribution is -0.115. The van der Waals surface area contributed by atoms with Gasteiger partial charge >= 0.3 is 0 Å². The summed E-state index contributed by atoms with van der Waals surface area (Å²) in [6, 6.07) is 13.2. The third-order valence-corrected chi connectivity index (χ3v) is 4.14. The maximum atomic E-state index is 12.1. The third kappa shape index (κ3) is 3.35. The van der Waals surface area contributed by atoms with E-state index in [9.17, 15) is 4.79 Å². The Balaban J connectivity index is 1.83. The second kappa shape index (κ2) is 6.16. The molecule has 1 aromatic carbocycles. The highest BCUT2D eigenvalue weighted by molar-refractivity contribution is 7.10. The Morgan fingerprint density at radius 3 is 2.71 bits per heavy atom. The lowest BCUT2D eigenvalue weighted by atomic mass is 10.2. The first-order chi connectivity index (χ1) is 10.2. The molecule has 0 aliphatic rings. The Bertz CT molecular complexity index is 736. The molecule has 1 amide bonds. The minimum absolute atomic E-state index is 0.0341. The van der Waals surface area contributed by atoms with Crippen molar-refractivity contribution in [3.05, 3.63) is 70.1 Å². The van der Waals surface area contributed by atoms with Gasteiger partial charge in [-0.05, 0) is 41.8 Å². The van der Waals surface area contributed by atoms with Crippen molar-refractivity contribution in [2.45, 2.75) is 6.42 Å². The molecule has 2 heterocycles. The Morgan fingerprint density at radius 1 is 1.19 bits per heavy atom. The summed E-state index contributed by atoms with van der Waals surface area (Å²) < 4.78 is 1.92. The zero-order valence-electron chi connectivity index (χ0n) is 11.1. The van der Waals surface area contributed by atoms with E-state index in [4.69, 9.17) is 11.6 Å². The summed E-state index contributed by atoms with van der Waals surface area (Å²) in [4.78, 5) is 13.2. The van der Waals surface area contributed by atoms with Crippen molar-refractivity contribution in [3.8, 4) is 5.69 Å². The predicted molar refractivity (Wildman–Crippen MR) is 87.4 cm³/mol.